The van der Waals surface area contributed by atoms with E-state index < -0.39 is 0 Å². The van der Waals surface area contributed by atoms with E-state index in [2.05, 4.69) is 10.2 Å². The van der Waals surface area contributed by atoms with E-state index in [9.17, 15) is 9.59 Å². The molecular weight excluding hydrogens is 402 g/mol. The Balaban J connectivity index is 1.35. The van der Waals surface area contributed by atoms with Crippen LogP contribution < -0.4 is 5.32 Å². The van der Waals surface area contributed by atoms with E-state index in [-0.39, 0.29) is 11.8 Å². The highest BCUT2D eigenvalue weighted by molar-refractivity contribution is 6.15. The average Bonchev–Trinajstić information content (AvgIpc) is 3.15. The van der Waals surface area contributed by atoms with Gasteiger partial charge in [-0.3, -0.25) is 14.5 Å². The summed E-state index contributed by atoms with van der Waals surface area (Å²) in [6.45, 7) is 7.43. The molecule has 0 aromatic heterocycles. The Bertz CT molecular complexity index is 1180. The number of amides is 2. The minimum atomic E-state index is -0.200. The number of hydrogen-bond donors (Lipinski definition) is 1. The van der Waals surface area contributed by atoms with Gasteiger partial charge in [0.05, 0.1) is 24.5 Å². The quantitative estimate of drug-likeness (QED) is 0.672. The van der Waals surface area contributed by atoms with Gasteiger partial charge >= 0.3 is 0 Å². The van der Waals surface area contributed by atoms with Gasteiger partial charge in [0.25, 0.3) is 11.8 Å². The van der Waals surface area contributed by atoms with Crippen molar-refractivity contribution < 1.29 is 14.3 Å². The van der Waals surface area contributed by atoms with Gasteiger partial charge in [-0.25, -0.2) is 0 Å². The highest BCUT2D eigenvalue weighted by Crippen LogP contribution is 2.30. The Kier molecular flexibility index (Phi) is 5.64. The second kappa shape index (κ2) is 8.73. The smallest absolute Gasteiger partial charge is 0.256 e. The molecule has 1 fully saturated rings. The molecule has 0 unspecified atom stereocenters. The number of fused-ring (bicyclic) bond motifs is 2. The average molecular weight is 430 g/mol. The van der Waals surface area contributed by atoms with Gasteiger partial charge in [-0.15, -0.1) is 0 Å². The van der Waals surface area contributed by atoms with Crippen LogP contribution in [0.1, 0.15) is 31.8 Å². The molecule has 2 aliphatic heterocycles. The number of hydrogen-bond acceptors (Lipinski definition) is 4. The lowest BCUT2D eigenvalue weighted by molar-refractivity contribution is 0.0328. The molecule has 5 rings (SSSR count). The van der Waals surface area contributed by atoms with Crippen molar-refractivity contribution in [3.05, 3.63) is 76.9 Å². The molecule has 0 bridgehead atoms. The molecule has 1 saturated heterocycles. The van der Waals surface area contributed by atoms with Gasteiger partial charge in [-0.2, -0.15) is 0 Å². The van der Waals surface area contributed by atoms with E-state index >= 15 is 0 Å². The lowest BCUT2D eigenvalue weighted by atomic mass is 9.99. The topological polar surface area (TPSA) is 61.9 Å². The Morgan fingerprint density at radius 1 is 0.969 bits per heavy atom. The van der Waals surface area contributed by atoms with E-state index in [1.165, 1.54) is 0 Å². The lowest BCUT2D eigenvalue weighted by Crippen LogP contribution is -2.41. The fourth-order valence-electron chi connectivity index (χ4n) is 4.63. The summed E-state index contributed by atoms with van der Waals surface area (Å²) in [5.41, 5.74) is 3.89. The van der Waals surface area contributed by atoms with Crippen LogP contribution >= 0.6 is 0 Å². The molecule has 6 nitrogen and oxygen atoms in total. The monoisotopic (exact) mass is 429 g/mol. The SMILES string of the molecule is Cc1ccc(C(=O)Nc2cccc3c2C(=O)N(CCN2CCOCC2)C3)c2ccccc12. The number of benzene rings is 3. The standard InChI is InChI=1S/C26H27N3O3/c1-18-9-10-22(21-7-3-2-6-20(18)21)25(30)27-23-8-4-5-19-17-29(26(31)24(19)23)12-11-28-13-15-32-16-14-28/h2-10H,11-17H2,1H3,(H,27,30). The number of carbonyl (C=O) groups is 2. The molecule has 0 saturated carbocycles. The van der Waals surface area contributed by atoms with Gasteiger partial charge in [0.15, 0.2) is 0 Å². The summed E-state index contributed by atoms with van der Waals surface area (Å²) in [7, 11) is 0. The van der Waals surface area contributed by atoms with E-state index in [1.807, 2.05) is 66.4 Å². The molecular formula is C26H27N3O3. The third kappa shape index (κ3) is 3.87. The molecule has 2 aliphatic rings. The van der Waals surface area contributed by atoms with Crippen LogP contribution in [-0.2, 0) is 11.3 Å². The summed E-state index contributed by atoms with van der Waals surface area (Å²) < 4.78 is 5.40. The number of ether oxygens (including phenoxy) is 1. The summed E-state index contributed by atoms with van der Waals surface area (Å²) in [6, 6.07) is 17.4. The van der Waals surface area contributed by atoms with Gasteiger partial charge in [0.1, 0.15) is 0 Å². The van der Waals surface area contributed by atoms with Crippen LogP contribution in [0, 0.1) is 6.92 Å². The first-order chi connectivity index (χ1) is 15.6. The Labute approximate surface area is 187 Å². The maximum Gasteiger partial charge on any atom is 0.256 e. The van der Waals surface area contributed by atoms with Crippen LogP contribution in [0.25, 0.3) is 10.8 Å². The summed E-state index contributed by atoms with van der Waals surface area (Å²) in [5, 5.41) is 4.99. The molecule has 0 spiro atoms. The van der Waals surface area contributed by atoms with Crippen molar-refractivity contribution in [3.63, 3.8) is 0 Å². The van der Waals surface area contributed by atoms with Crippen molar-refractivity contribution in [1.82, 2.24) is 9.80 Å². The fourth-order valence-corrected chi connectivity index (χ4v) is 4.63. The molecule has 0 radical (unpaired) electrons. The zero-order valence-corrected chi connectivity index (χ0v) is 18.3. The van der Waals surface area contributed by atoms with Crippen LogP contribution in [0.3, 0.4) is 0 Å². The zero-order chi connectivity index (χ0) is 22.1. The first-order valence-electron chi connectivity index (χ1n) is 11.1. The lowest BCUT2D eigenvalue weighted by Gasteiger charge is -2.28. The van der Waals surface area contributed by atoms with Gasteiger partial charge in [0, 0.05) is 38.3 Å². The molecule has 6 heteroatoms. The first-order valence-corrected chi connectivity index (χ1v) is 11.1. The maximum absolute atomic E-state index is 13.2. The predicted molar refractivity (Wildman–Crippen MR) is 125 cm³/mol. The second-order valence-electron chi connectivity index (χ2n) is 8.45. The summed E-state index contributed by atoms with van der Waals surface area (Å²) >= 11 is 0. The minimum absolute atomic E-state index is 0.0158. The first kappa shape index (κ1) is 20.7. The fraction of sp³-hybridized carbons (Fsp3) is 0.308. The van der Waals surface area contributed by atoms with Crippen LogP contribution in [-0.4, -0.2) is 61.0 Å². The van der Waals surface area contributed by atoms with Crippen LogP contribution in [0.5, 0.6) is 0 Å². The highest BCUT2D eigenvalue weighted by Gasteiger charge is 2.30. The molecule has 0 aliphatic carbocycles. The zero-order valence-electron chi connectivity index (χ0n) is 18.3. The van der Waals surface area contributed by atoms with Crippen LogP contribution in [0.4, 0.5) is 5.69 Å². The minimum Gasteiger partial charge on any atom is -0.379 e. The highest BCUT2D eigenvalue weighted by atomic mass is 16.5. The molecule has 3 aromatic carbocycles. The number of morpholine rings is 1. The number of rotatable bonds is 5. The Morgan fingerprint density at radius 2 is 1.75 bits per heavy atom. The second-order valence-corrected chi connectivity index (χ2v) is 8.45. The van der Waals surface area contributed by atoms with Crippen molar-refractivity contribution in [1.29, 1.82) is 0 Å². The molecule has 2 amide bonds. The number of nitrogens with zero attached hydrogens (tertiary/aromatic N) is 2. The summed E-state index contributed by atoms with van der Waals surface area (Å²) in [6.07, 6.45) is 0. The van der Waals surface area contributed by atoms with Crippen molar-refractivity contribution >= 4 is 28.3 Å². The molecule has 0 atom stereocenters. The Hall–Kier alpha value is -3.22. The van der Waals surface area contributed by atoms with E-state index in [1.54, 1.807) is 0 Å². The van der Waals surface area contributed by atoms with Gasteiger partial charge in [-0.05, 0) is 41.0 Å². The van der Waals surface area contributed by atoms with Crippen molar-refractivity contribution in [2.24, 2.45) is 0 Å². The third-order valence-electron chi connectivity index (χ3n) is 6.44. The van der Waals surface area contributed by atoms with Crippen molar-refractivity contribution in [2.45, 2.75) is 13.5 Å². The number of nitrogens with one attached hydrogen (secondary N) is 1. The van der Waals surface area contributed by atoms with Gasteiger partial charge < -0.3 is 15.0 Å². The normalized spacial score (nSPS) is 16.4. The third-order valence-corrected chi connectivity index (χ3v) is 6.44. The molecule has 3 aromatic rings. The molecule has 2 heterocycles. The molecule has 164 valence electrons. The summed E-state index contributed by atoms with van der Waals surface area (Å²) in [5.74, 6) is -0.216. The van der Waals surface area contributed by atoms with Gasteiger partial charge in [0.2, 0.25) is 0 Å². The van der Waals surface area contributed by atoms with E-state index in [4.69, 9.17) is 4.74 Å². The largest absolute Gasteiger partial charge is 0.379 e. The number of carbonyl (C=O) groups excluding carboxylic acids is 2. The number of anilines is 1. The van der Waals surface area contributed by atoms with Crippen LogP contribution in [0.2, 0.25) is 0 Å². The van der Waals surface area contributed by atoms with Crippen LogP contribution in [0.15, 0.2) is 54.6 Å². The molecule has 32 heavy (non-hydrogen) atoms. The Morgan fingerprint density at radius 3 is 2.56 bits per heavy atom. The summed E-state index contributed by atoms with van der Waals surface area (Å²) in [4.78, 5) is 30.6. The van der Waals surface area contributed by atoms with E-state index in [0.717, 1.165) is 54.7 Å². The maximum atomic E-state index is 13.2. The molecule has 1 N–H and O–H groups in total. The number of aryl methyl sites for hydroxylation is 1. The van der Waals surface area contributed by atoms with Crippen molar-refractivity contribution in [3.8, 4) is 0 Å². The van der Waals surface area contributed by atoms with E-state index in [0.29, 0.717) is 29.9 Å². The van der Waals surface area contributed by atoms with Crippen molar-refractivity contribution in [2.75, 3.05) is 44.7 Å². The predicted octanol–water partition coefficient (Wildman–Crippen LogP) is 3.69. The van der Waals surface area contributed by atoms with Gasteiger partial charge in [-0.1, -0.05) is 42.5 Å².